The lowest BCUT2D eigenvalue weighted by atomic mass is 9.89. The fraction of sp³-hybridized carbons (Fsp3) is 0.708. The van der Waals surface area contributed by atoms with E-state index in [4.69, 9.17) is 0 Å². The van der Waals surface area contributed by atoms with Gasteiger partial charge in [-0.2, -0.15) is 0 Å². The molecule has 0 bridgehead atoms. The first-order valence-electron chi connectivity index (χ1n) is 11.2. The van der Waals surface area contributed by atoms with Crippen molar-refractivity contribution in [3.05, 3.63) is 24.3 Å². The average molecular weight is 423 g/mol. The number of aliphatic hydroxyl groups is 2. The van der Waals surface area contributed by atoms with Gasteiger partial charge in [0.25, 0.3) is 0 Å². The normalized spacial score (nSPS) is 21.4. The van der Waals surface area contributed by atoms with E-state index >= 15 is 0 Å². The Bertz CT molecular complexity index is 609. The second kappa shape index (κ2) is 14.3. The van der Waals surface area contributed by atoms with E-state index in [0.29, 0.717) is 38.5 Å². The molecule has 1 fully saturated rings. The van der Waals surface area contributed by atoms with Crippen molar-refractivity contribution in [2.24, 2.45) is 11.8 Å². The number of allylic oxidation sites excluding steroid dienone is 3. The van der Waals surface area contributed by atoms with Gasteiger partial charge < -0.3 is 14.9 Å². The van der Waals surface area contributed by atoms with Crippen LogP contribution in [0.15, 0.2) is 24.3 Å². The van der Waals surface area contributed by atoms with Gasteiger partial charge >= 0.3 is 5.97 Å². The number of esters is 1. The molecular formula is C24H38O6. The second-order valence-corrected chi connectivity index (χ2v) is 8.14. The summed E-state index contributed by atoms with van der Waals surface area (Å²) >= 11 is 0. The van der Waals surface area contributed by atoms with Crippen molar-refractivity contribution in [3.8, 4) is 0 Å². The zero-order valence-electron chi connectivity index (χ0n) is 18.5. The first-order valence-corrected chi connectivity index (χ1v) is 11.2. The molecule has 1 unspecified atom stereocenters. The van der Waals surface area contributed by atoms with Crippen LogP contribution < -0.4 is 0 Å². The largest absolute Gasteiger partial charge is 0.460 e. The summed E-state index contributed by atoms with van der Waals surface area (Å²) in [5.74, 6) is -0.910. The molecule has 1 saturated carbocycles. The molecule has 170 valence electrons. The molecule has 0 aromatic heterocycles. The lowest BCUT2D eigenvalue weighted by Gasteiger charge is -2.24. The maximum Gasteiger partial charge on any atom is 0.374 e. The van der Waals surface area contributed by atoms with Crippen molar-refractivity contribution >= 4 is 17.5 Å². The van der Waals surface area contributed by atoms with Crippen LogP contribution in [-0.2, 0) is 19.1 Å². The SMILES string of the molecule is CCCCC(O)(CO)CC=C[C@H]1CCC(=O)[C@@H]1CC=CCCCC(=O)C(=O)OCC. The van der Waals surface area contributed by atoms with Crippen molar-refractivity contribution in [2.45, 2.75) is 83.7 Å². The highest BCUT2D eigenvalue weighted by atomic mass is 16.5. The van der Waals surface area contributed by atoms with Crippen molar-refractivity contribution in [1.29, 1.82) is 0 Å². The first-order chi connectivity index (χ1) is 14.4. The van der Waals surface area contributed by atoms with Crippen LogP contribution in [0.4, 0.5) is 0 Å². The predicted octanol–water partition coefficient (Wildman–Crippen LogP) is 3.69. The number of carbonyl (C=O) groups is 3. The Kier molecular flexibility index (Phi) is 12.5. The molecule has 0 radical (unpaired) electrons. The van der Waals surface area contributed by atoms with Gasteiger partial charge in [0.05, 0.1) is 18.8 Å². The van der Waals surface area contributed by atoms with E-state index in [1.54, 1.807) is 6.92 Å². The minimum atomic E-state index is -1.08. The number of Topliss-reactive ketones (excluding diaryl/α,β-unsaturated/α-hetero) is 2. The minimum Gasteiger partial charge on any atom is -0.460 e. The van der Waals surface area contributed by atoms with Gasteiger partial charge in [-0.1, -0.05) is 44.1 Å². The molecule has 1 rings (SSSR count). The average Bonchev–Trinajstić information content (AvgIpc) is 3.08. The Labute approximate surface area is 180 Å². The van der Waals surface area contributed by atoms with E-state index < -0.39 is 17.4 Å². The van der Waals surface area contributed by atoms with Gasteiger partial charge in [0.2, 0.25) is 5.78 Å². The number of hydrogen-bond donors (Lipinski definition) is 2. The lowest BCUT2D eigenvalue weighted by Crippen LogP contribution is -2.32. The highest BCUT2D eigenvalue weighted by Crippen LogP contribution is 2.33. The number of ether oxygens (including phenoxy) is 1. The summed E-state index contributed by atoms with van der Waals surface area (Å²) < 4.78 is 4.67. The van der Waals surface area contributed by atoms with E-state index in [0.717, 1.165) is 19.3 Å². The van der Waals surface area contributed by atoms with Crippen molar-refractivity contribution in [2.75, 3.05) is 13.2 Å². The van der Waals surface area contributed by atoms with Crippen LogP contribution in [-0.4, -0.2) is 46.6 Å². The zero-order valence-corrected chi connectivity index (χ0v) is 18.5. The summed E-state index contributed by atoms with van der Waals surface area (Å²) in [5, 5.41) is 19.9. The fourth-order valence-electron chi connectivity index (χ4n) is 3.74. The molecule has 30 heavy (non-hydrogen) atoms. The molecule has 6 heteroatoms. The van der Waals surface area contributed by atoms with Gasteiger partial charge in [0, 0.05) is 18.8 Å². The first kappa shape index (κ1) is 26.2. The van der Waals surface area contributed by atoms with E-state index in [1.165, 1.54) is 0 Å². The smallest absolute Gasteiger partial charge is 0.374 e. The van der Waals surface area contributed by atoms with Gasteiger partial charge in [0.15, 0.2) is 0 Å². The fourth-order valence-corrected chi connectivity index (χ4v) is 3.74. The van der Waals surface area contributed by atoms with Crippen LogP contribution in [0, 0.1) is 11.8 Å². The number of aliphatic hydroxyl groups excluding tert-OH is 1. The maximum absolute atomic E-state index is 12.2. The number of unbranched alkanes of at least 4 members (excludes halogenated alkanes) is 2. The van der Waals surface area contributed by atoms with E-state index in [2.05, 4.69) is 4.74 Å². The second-order valence-electron chi connectivity index (χ2n) is 8.14. The Morgan fingerprint density at radius 1 is 1.20 bits per heavy atom. The summed E-state index contributed by atoms with van der Waals surface area (Å²) in [6.45, 7) is 3.66. The summed E-state index contributed by atoms with van der Waals surface area (Å²) in [5.41, 5.74) is -1.08. The van der Waals surface area contributed by atoms with Crippen LogP contribution >= 0.6 is 0 Å². The van der Waals surface area contributed by atoms with Gasteiger partial charge in [-0.05, 0) is 51.4 Å². The number of hydrogen-bond acceptors (Lipinski definition) is 6. The molecule has 1 aliphatic carbocycles. The highest BCUT2D eigenvalue weighted by molar-refractivity contribution is 6.33. The zero-order chi connectivity index (χ0) is 22.4. The van der Waals surface area contributed by atoms with Gasteiger partial charge in [-0.3, -0.25) is 9.59 Å². The van der Waals surface area contributed by atoms with Crippen LogP contribution in [0.5, 0.6) is 0 Å². The van der Waals surface area contributed by atoms with Crippen LogP contribution in [0.1, 0.15) is 78.1 Å². The Morgan fingerprint density at radius 2 is 1.97 bits per heavy atom. The molecule has 0 heterocycles. The van der Waals surface area contributed by atoms with E-state index in [-0.39, 0.29) is 37.3 Å². The van der Waals surface area contributed by atoms with Crippen molar-refractivity contribution < 1.29 is 29.3 Å². The van der Waals surface area contributed by atoms with Crippen molar-refractivity contribution in [3.63, 3.8) is 0 Å². The monoisotopic (exact) mass is 422 g/mol. The third-order valence-electron chi connectivity index (χ3n) is 5.66. The molecule has 0 saturated heterocycles. The number of rotatable bonds is 15. The molecule has 6 nitrogen and oxygen atoms in total. The predicted molar refractivity (Wildman–Crippen MR) is 116 cm³/mol. The molecule has 0 aromatic carbocycles. The summed E-state index contributed by atoms with van der Waals surface area (Å²) in [7, 11) is 0. The molecule has 3 atom stereocenters. The Hall–Kier alpha value is -1.79. The number of ketones is 2. The van der Waals surface area contributed by atoms with Crippen LogP contribution in [0.3, 0.4) is 0 Å². The van der Waals surface area contributed by atoms with Crippen LogP contribution in [0.25, 0.3) is 0 Å². The quantitative estimate of drug-likeness (QED) is 0.181. The molecule has 1 aliphatic rings. The molecule has 2 N–H and O–H groups in total. The molecule has 0 aromatic rings. The number of carbonyl (C=O) groups excluding carboxylic acids is 3. The van der Waals surface area contributed by atoms with Gasteiger partial charge in [-0.15, -0.1) is 0 Å². The Morgan fingerprint density at radius 3 is 2.63 bits per heavy atom. The van der Waals surface area contributed by atoms with Crippen LogP contribution in [0.2, 0.25) is 0 Å². The summed E-state index contributed by atoms with van der Waals surface area (Å²) in [6, 6.07) is 0. The summed E-state index contributed by atoms with van der Waals surface area (Å²) in [6.07, 6.45) is 14.1. The third kappa shape index (κ3) is 9.35. The Balaban J connectivity index is 2.43. The molecular weight excluding hydrogens is 384 g/mol. The van der Waals surface area contributed by atoms with E-state index in [9.17, 15) is 24.6 Å². The highest BCUT2D eigenvalue weighted by Gasteiger charge is 2.32. The maximum atomic E-state index is 12.2. The molecule has 0 aliphatic heterocycles. The van der Waals surface area contributed by atoms with Gasteiger partial charge in [0.1, 0.15) is 5.78 Å². The van der Waals surface area contributed by atoms with E-state index in [1.807, 2.05) is 31.2 Å². The molecule has 0 spiro atoms. The third-order valence-corrected chi connectivity index (χ3v) is 5.66. The molecule has 0 amide bonds. The summed E-state index contributed by atoms with van der Waals surface area (Å²) in [4.78, 5) is 35.0. The van der Waals surface area contributed by atoms with Gasteiger partial charge in [-0.25, -0.2) is 4.79 Å². The van der Waals surface area contributed by atoms with Crippen molar-refractivity contribution in [1.82, 2.24) is 0 Å². The topological polar surface area (TPSA) is 101 Å². The standard InChI is InChI=1S/C24H38O6/c1-3-5-16-24(29,18-25)17-10-11-19-14-15-21(26)20(19)12-8-6-7-9-13-22(27)23(28)30-4-2/h6,8,10-11,19-20,25,29H,3-5,7,9,12-18H2,1-2H3/t19-,20+,24?/m0/s1. The minimum absolute atomic E-state index is 0.0588. The lowest BCUT2D eigenvalue weighted by molar-refractivity contribution is -0.153.